The fraction of sp³-hybridized carbons (Fsp3) is 0.562. The molecule has 2 heterocycles. The number of rotatable bonds is 0. The van der Waals surface area contributed by atoms with Gasteiger partial charge in [0.05, 0.1) is 6.54 Å². The summed E-state index contributed by atoms with van der Waals surface area (Å²) in [5, 5.41) is 7.10. The van der Waals surface area contributed by atoms with E-state index in [1.54, 1.807) is 4.90 Å². The van der Waals surface area contributed by atoms with Gasteiger partial charge in [0.25, 0.3) is 0 Å². The van der Waals surface area contributed by atoms with Crippen LogP contribution in [0, 0.1) is 0 Å². The van der Waals surface area contributed by atoms with E-state index in [0.29, 0.717) is 13.1 Å². The summed E-state index contributed by atoms with van der Waals surface area (Å²) in [6.45, 7) is 7.83. The number of nitrogens with one attached hydrogen (secondary N) is 2. The Morgan fingerprint density at radius 1 is 1.33 bits per heavy atom. The SMILES string of the molecule is CC(C)(C)OC(=O)N1CC[C@@]2(C1)NCc1ccccc1N2. The summed E-state index contributed by atoms with van der Waals surface area (Å²) in [6.07, 6.45) is 0.641. The minimum absolute atomic E-state index is 0.231. The summed E-state index contributed by atoms with van der Waals surface area (Å²) in [5.41, 5.74) is 1.74. The van der Waals surface area contributed by atoms with Crippen molar-refractivity contribution in [3.05, 3.63) is 29.8 Å². The summed E-state index contributed by atoms with van der Waals surface area (Å²) < 4.78 is 5.46. The van der Waals surface area contributed by atoms with Gasteiger partial charge in [0.15, 0.2) is 0 Å². The van der Waals surface area contributed by atoms with Gasteiger partial charge < -0.3 is 15.0 Å². The highest BCUT2D eigenvalue weighted by molar-refractivity contribution is 5.69. The molecule has 21 heavy (non-hydrogen) atoms. The first-order valence-corrected chi connectivity index (χ1v) is 7.46. The largest absolute Gasteiger partial charge is 0.444 e. The molecule has 1 aromatic rings. The second-order valence-electron chi connectivity index (χ2n) is 6.87. The van der Waals surface area contributed by atoms with Crippen LogP contribution in [0.5, 0.6) is 0 Å². The highest BCUT2D eigenvalue weighted by Gasteiger charge is 2.42. The van der Waals surface area contributed by atoms with Crippen molar-refractivity contribution in [2.75, 3.05) is 18.4 Å². The van der Waals surface area contributed by atoms with Crippen molar-refractivity contribution in [3.63, 3.8) is 0 Å². The maximum Gasteiger partial charge on any atom is 0.410 e. The molecule has 0 aliphatic carbocycles. The number of anilines is 1. The molecule has 2 N–H and O–H groups in total. The van der Waals surface area contributed by atoms with E-state index in [4.69, 9.17) is 4.74 Å². The summed E-state index contributed by atoms with van der Waals surface area (Å²) in [4.78, 5) is 14.0. The van der Waals surface area contributed by atoms with Crippen molar-refractivity contribution in [2.24, 2.45) is 0 Å². The third-order valence-corrected chi connectivity index (χ3v) is 3.93. The lowest BCUT2D eigenvalue weighted by molar-refractivity contribution is 0.0283. The van der Waals surface area contributed by atoms with Crippen LogP contribution in [-0.2, 0) is 11.3 Å². The zero-order chi connectivity index (χ0) is 15.1. The van der Waals surface area contributed by atoms with Crippen molar-refractivity contribution in [1.29, 1.82) is 0 Å². The number of amides is 1. The number of para-hydroxylation sites is 1. The third kappa shape index (κ3) is 2.97. The number of likely N-dealkylation sites (tertiary alicyclic amines) is 1. The molecule has 0 radical (unpaired) electrons. The number of nitrogens with zero attached hydrogens (tertiary/aromatic N) is 1. The van der Waals surface area contributed by atoms with Crippen molar-refractivity contribution >= 4 is 11.8 Å². The lowest BCUT2D eigenvalue weighted by atomic mass is 10.0. The van der Waals surface area contributed by atoms with E-state index in [-0.39, 0.29) is 11.8 Å². The average Bonchev–Trinajstić information content (AvgIpc) is 2.81. The standard InChI is InChI=1S/C16H23N3O2/c1-15(2,3)21-14(20)19-9-8-16(11-19)17-10-12-6-4-5-7-13(12)18-16/h4-7,17-18H,8-11H2,1-3H3/t16-/m1/s1. The molecule has 1 fully saturated rings. The van der Waals surface area contributed by atoms with Gasteiger partial charge >= 0.3 is 6.09 Å². The zero-order valence-corrected chi connectivity index (χ0v) is 12.9. The van der Waals surface area contributed by atoms with Crippen molar-refractivity contribution in [3.8, 4) is 0 Å². The molecule has 0 aromatic heterocycles. The van der Waals surface area contributed by atoms with E-state index in [2.05, 4.69) is 22.8 Å². The van der Waals surface area contributed by atoms with Gasteiger partial charge in [0.2, 0.25) is 0 Å². The molecular weight excluding hydrogens is 266 g/mol. The summed E-state index contributed by atoms with van der Waals surface area (Å²) in [5.74, 6) is 0. The molecule has 0 unspecified atom stereocenters. The van der Waals surface area contributed by atoms with E-state index in [1.807, 2.05) is 32.9 Å². The van der Waals surface area contributed by atoms with Crippen LogP contribution in [0.2, 0.25) is 0 Å². The Labute approximate surface area is 125 Å². The Bertz CT molecular complexity index is 553. The van der Waals surface area contributed by atoms with Gasteiger partial charge in [0, 0.05) is 25.2 Å². The first kappa shape index (κ1) is 14.2. The van der Waals surface area contributed by atoms with Crippen LogP contribution in [0.4, 0.5) is 10.5 Å². The maximum absolute atomic E-state index is 12.2. The summed E-state index contributed by atoms with van der Waals surface area (Å²) >= 11 is 0. The Morgan fingerprint density at radius 2 is 2.10 bits per heavy atom. The van der Waals surface area contributed by atoms with Crippen LogP contribution in [0.3, 0.4) is 0 Å². The van der Waals surface area contributed by atoms with Gasteiger partial charge in [-0.3, -0.25) is 5.32 Å². The van der Waals surface area contributed by atoms with Gasteiger partial charge in [-0.15, -0.1) is 0 Å². The van der Waals surface area contributed by atoms with Gasteiger partial charge in [-0.05, 0) is 32.4 Å². The first-order chi connectivity index (χ1) is 9.87. The number of carbonyl (C=O) groups is 1. The Balaban J connectivity index is 1.69. The molecule has 2 aliphatic heterocycles. The number of fused-ring (bicyclic) bond motifs is 1. The van der Waals surface area contributed by atoms with E-state index < -0.39 is 5.60 Å². The van der Waals surface area contributed by atoms with E-state index in [0.717, 1.165) is 18.7 Å². The number of hydrogen-bond acceptors (Lipinski definition) is 4. The minimum Gasteiger partial charge on any atom is -0.444 e. The number of hydrogen-bond donors (Lipinski definition) is 2. The molecule has 0 saturated carbocycles. The fourth-order valence-electron chi connectivity index (χ4n) is 2.90. The topological polar surface area (TPSA) is 53.6 Å². The molecule has 1 spiro atoms. The van der Waals surface area contributed by atoms with E-state index in [9.17, 15) is 4.79 Å². The molecule has 5 heteroatoms. The van der Waals surface area contributed by atoms with E-state index >= 15 is 0 Å². The van der Waals surface area contributed by atoms with Crippen LogP contribution in [0.15, 0.2) is 24.3 Å². The molecule has 1 atom stereocenters. The second kappa shape index (κ2) is 4.91. The third-order valence-electron chi connectivity index (χ3n) is 3.93. The lowest BCUT2D eigenvalue weighted by Gasteiger charge is -2.38. The zero-order valence-electron chi connectivity index (χ0n) is 12.9. The number of carbonyl (C=O) groups excluding carboxylic acids is 1. The lowest BCUT2D eigenvalue weighted by Crippen LogP contribution is -2.56. The van der Waals surface area contributed by atoms with Crippen LogP contribution in [0.25, 0.3) is 0 Å². The fourth-order valence-corrected chi connectivity index (χ4v) is 2.90. The van der Waals surface area contributed by atoms with Crippen LogP contribution in [0.1, 0.15) is 32.8 Å². The Hall–Kier alpha value is -1.75. The number of ether oxygens (including phenoxy) is 1. The van der Waals surface area contributed by atoms with Crippen molar-refractivity contribution < 1.29 is 9.53 Å². The normalized spacial score (nSPS) is 24.6. The number of benzene rings is 1. The Morgan fingerprint density at radius 3 is 2.86 bits per heavy atom. The second-order valence-corrected chi connectivity index (χ2v) is 6.87. The van der Waals surface area contributed by atoms with E-state index in [1.165, 1.54) is 5.56 Å². The summed E-state index contributed by atoms with van der Waals surface area (Å²) in [7, 11) is 0. The molecule has 5 nitrogen and oxygen atoms in total. The minimum atomic E-state index is -0.452. The molecule has 2 aliphatic rings. The van der Waals surface area contributed by atoms with Crippen LogP contribution >= 0.6 is 0 Å². The average molecular weight is 289 g/mol. The molecule has 1 amide bonds. The highest BCUT2D eigenvalue weighted by Crippen LogP contribution is 2.31. The molecule has 3 rings (SSSR count). The Kier molecular flexibility index (Phi) is 3.32. The van der Waals surface area contributed by atoms with Gasteiger partial charge in [-0.1, -0.05) is 18.2 Å². The van der Waals surface area contributed by atoms with Gasteiger partial charge in [-0.2, -0.15) is 0 Å². The highest BCUT2D eigenvalue weighted by atomic mass is 16.6. The smallest absolute Gasteiger partial charge is 0.410 e. The predicted octanol–water partition coefficient (Wildman–Crippen LogP) is 2.54. The first-order valence-electron chi connectivity index (χ1n) is 7.46. The summed E-state index contributed by atoms with van der Waals surface area (Å²) in [6, 6.07) is 8.28. The van der Waals surface area contributed by atoms with Crippen LogP contribution < -0.4 is 10.6 Å². The van der Waals surface area contributed by atoms with Gasteiger partial charge in [0.1, 0.15) is 11.3 Å². The molecular formula is C16H23N3O2. The van der Waals surface area contributed by atoms with Crippen molar-refractivity contribution in [1.82, 2.24) is 10.2 Å². The van der Waals surface area contributed by atoms with Gasteiger partial charge in [-0.25, -0.2) is 4.79 Å². The van der Waals surface area contributed by atoms with Crippen LogP contribution in [-0.4, -0.2) is 35.3 Å². The predicted molar refractivity (Wildman–Crippen MR) is 82.1 cm³/mol. The molecule has 1 aromatic carbocycles. The van der Waals surface area contributed by atoms with Crippen molar-refractivity contribution in [2.45, 2.75) is 45.0 Å². The molecule has 114 valence electrons. The molecule has 1 saturated heterocycles. The maximum atomic E-state index is 12.2. The monoisotopic (exact) mass is 289 g/mol. The quantitative estimate of drug-likeness (QED) is 0.770. The molecule has 0 bridgehead atoms.